The van der Waals surface area contributed by atoms with E-state index < -0.39 is 29.8 Å². The molecular formula is C18H30N2O5. The van der Waals surface area contributed by atoms with Crippen LogP contribution in [0.2, 0.25) is 0 Å². The number of ketones is 1. The van der Waals surface area contributed by atoms with Gasteiger partial charge in [-0.15, -0.1) is 0 Å². The third-order valence-corrected chi connectivity index (χ3v) is 6.14. The summed E-state index contributed by atoms with van der Waals surface area (Å²) in [5, 5.41) is 11.4. The average Bonchev–Trinajstić information content (AvgIpc) is 2.99. The summed E-state index contributed by atoms with van der Waals surface area (Å²) in [6.45, 7) is 7.70. The monoisotopic (exact) mass is 354 g/mol. The van der Waals surface area contributed by atoms with Gasteiger partial charge in [-0.2, -0.15) is 0 Å². The molecule has 0 aromatic heterocycles. The average molecular weight is 354 g/mol. The van der Waals surface area contributed by atoms with Crippen LogP contribution in [0.3, 0.4) is 0 Å². The zero-order valence-electron chi connectivity index (χ0n) is 15.5. The lowest BCUT2D eigenvalue weighted by Gasteiger charge is -2.41. The number of carboxylic acids is 1. The standard InChI is InChI=1S/C18H30N2O5/c1-10(15(23)24)20-9-13(21)12(19)7-14(22)25-16-17(2,3)11-5-6-18(16,4)8-11/h10-12,16,20H,5-9,19H2,1-4H3,(H,23,24)/t10-,11?,12-,16?,18?/m0/s1. The summed E-state index contributed by atoms with van der Waals surface area (Å²) in [4.78, 5) is 35.0. The van der Waals surface area contributed by atoms with Gasteiger partial charge in [0.2, 0.25) is 0 Å². The number of ether oxygens (including phenoxy) is 1. The van der Waals surface area contributed by atoms with Gasteiger partial charge in [-0.25, -0.2) is 0 Å². The largest absolute Gasteiger partial charge is 0.480 e. The van der Waals surface area contributed by atoms with Crippen LogP contribution in [0.4, 0.5) is 0 Å². The number of rotatable bonds is 8. The van der Waals surface area contributed by atoms with E-state index in [4.69, 9.17) is 15.6 Å². The fourth-order valence-corrected chi connectivity index (χ4v) is 4.50. The van der Waals surface area contributed by atoms with Crippen molar-refractivity contribution in [2.45, 2.75) is 71.6 Å². The zero-order chi connectivity index (χ0) is 19.0. The van der Waals surface area contributed by atoms with Crippen molar-refractivity contribution in [2.24, 2.45) is 22.5 Å². The number of aliphatic carboxylic acids is 1. The van der Waals surface area contributed by atoms with Crippen LogP contribution in [0.5, 0.6) is 0 Å². The normalized spacial score (nSPS) is 32.2. The smallest absolute Gasteiger partial charge is 0.320 e. The number of Topliss-reactive ketones (excluding diaryl/α,β-unsaturated/α-hetero) is 1. The molecule has 2 aliphatic carbocycles. The number of fused-ring (bicyclic) bond motifs is 2. The van der Waals surface area contributed by atoms with Crippen molar-refractivity contribution in [3.8, 4) is 0 Å². The van der Waals surface area contributed by atoms with E-state index in [1.54, 1.807) is 0 Å². The molecule has 2 saturated carbocycles. The number of hydrogen-bond acceptors (Lipinski definition) is 6. The van der Waals surface area contributed by atoms with Crippen molar-refractivity contribution < 1.29 is 24.2 Å². The van der Waals surface area contributed by atoms with Crippen LogP contribution in [-0.4, -0.2) is 47.6 Å². The van der Waals surface area contributed by atoms with Crippen LogP contribution in [0, 0.1) is 16.7 Å². The van der Waals surface area contributed by atoms with E-state index in [9.17, 15) is 14.4 Å². The molecule has 4 N–H and O–H groups in total. The second-order valence-electron chi connectivity index (χ2n) is 8.50. The van der Waals surface area contributed by atoms with Crippen LogP contribution in [-0.2, 0) is 19.1 Å². The summed E-state index contributed by atoms with van der Waals surface area (Å²) >= 11 is 0. The van der Waals surface area contributed by atoms with E-state index in [0.29, 0.717) is 5.92 Å². The molecule has 2 rings (SSSR count). The van der Waals surface area contributed by atoms with Crippen molar-refractivity contribution >= 4 is 17.7 Å². The summed E-state index contributed by atoms with van der Waals surface area (Å²) in [6, 6.07) is -1.84. The van der Waals surface area contributed by atoms with Crippen molar-refractivity contribution in [2.75, 3.05) is 6.54 Å². The summed E-state index contributed by atoms with van der Waals surface area (Å²) < 4.78 is 5.76. The lowest BCUT2D eigenvalue weighted by Crippen LogP contribution is -2.46. The molecule has 0 spiro atoms. The molecule has 0 heterocycles. The Morgan fingerprint density at radius 3 is 2.48 bits per heavy atom. The molecule has 2 aliphatic rings. The summed E-state index contributed by atoms with van der Waals surface area (Å²) in [7, 11) is 0. The Morgan fingerprint density at radius 2 is 1.96 bits per heavy atom. The molecular weight excluding hydrogens is 324 g/mol. The van der Waals surface area contributed by atoms with E-state index in [-0.39, 0.29) is 29.9 Å². The minimum absolute atomic E-state index is 0.0103. The highest BCUT2D eigenvalue weighted by Crippen LogP contribution is 2.63. The highest BCUT2D eigenvalue weighted by molar-refractivity contribution is 5.90. The molecule has 2 bridgehead atoms. The molecule has 0 aromatic carbocycles. The molecule has 7 nitrogen and oxygen atoms in total. The van der Waals surface area contributed by atoms with Gasteiger partial charge >= 0.3 is 11.9 Å². The van der Waals surface area contributed by atoms with E-state index in [0.717, 1.165) is 12.8 Å². The third-order valence-electron chi connectivity index (χ3n) is 6.14. The van der Waals surface area contributed by atoms with Gasteiger partial charge in [0.25, 0.3) is 0 Å². The Labute approximate surface area is 148 Å². The summed E-state index contributed by atoms with van der Waals surface area (Å²) in [5.74, 6) is -1.35. The number of nitrogens with two attached hydrogens (primary N) is 1. The topological polar surface area (TPSA) is 119 Å². The minimum atomic E-state index is -1.05. The first-order valence-corrected chi connectivity index (χ1v) is 8.91. The van der Waals surface area contributed by atoms with Crippen molar-refractivity contribution in [3.05, 3.63) is 0 Å². The van der Waals surface area contributed by atoms with Gasteiger partial charge < -0.3 is 15.6 Å². The number of carbonyl (C=O) groups excluding carboxylic acids is 2. The number of carboxylic acid groups (broad SMARTS) is 1. The maximum absolute atomic E-state index is 12.3. The van der Waals surface area contributed by atoms with Crippen LogP contribution in [0.1, 0.15) is 53.4 Å². The number of esters is 1. The molecule has 7 heteroatoms. The third kappa shape index (κ3) is 4.03. The Balaban J connectivity index is 1.85. The van der Waals surface area contributed by atoms with E-state index in [2.05, 4.69) is 26.1 Å². The lowest BCUT2D eigenvalue weighted by molar-refractivity contribution is -0.165. The van der Waals surface area contributed by atoms with Gasteiger partial charge in [-0.05, 0) is 32.1 Å². The van der Waals surface area contributed by atoms with E-state index >= 15 is 0 Å². The Bertz CT molecular complexity index is 557. The molecule has 0 aliphatic heterocycles. The van der Waals surface area contributed by atoms with Gasteiger partial charge in [0.05, 0.1) is 19.0 Å². The number of nitrogens with one attached hydrogen (secondary N) is 1. The molecule has 0 aromatic rings. The van der Waals surface area contributed by atoms with Crippen LogP contribution in [0.25, 0.3) is 0 Å². The van der Waals surface area contributed by atoms with Gasteiger partial charge in [0.1, 0.15) is 12.1 Å². The van der Waals surface area contributed by atoms with Crippen molar-refractivity contribution in [3.63, 3.8) is 0 Å². The second kappa shape index (κ2) is 7.03. The van der Waals surface area contributed by atoms with Gasteiger partial charge in [-0.3, -0.25) is 19.7 Å². The van der Waals surface area contributed by atoms with Gasteiger partial charge in [0.15, 0.2) is 5.78 Å². The molecule has 5 atom stereocenters. The zero-order valence-corrected chi connectivity index (χ0v) is 15.5. The molecule has 0 radical (unpaired) electrons. The summed E-state index contributed by atoms with van der Waals surface area (Å²) in [6.07, 6.45) is 2.96. The van der Waals surface area contributed by atoms with Crippen LogP contribution in [0.15, 0.2) is 0 Å². The van der Waals surface area contributed by atoms with Crippen molar-refractivity contribution in [1.29, 1.82) is 0 Å². The van der Waals surface area contributed by atoms with Gasteiger partial charge in [0, 0.05) is 10.8 Å². The maximum atomic E-state index is 12.3. The Hall–Kier alpha value is -1.47. The van der Waals surface area contributed by atoms with Crippen LogP contribution < -0.4 is 11.1 Å². The SMILES string of the molecule is C[C@H](NCC(=O)[C@@H](N)CC(=O)OC1C2(C)CCC(C2)C1(C)C)C(=O)O. The number of hydrogen-bond donors (Lipinski definition) is 3. The van der Waals surface area contributed by atoms with E-state index in [1.807, 2.05) is 0 Å². The molecule has 3 unspecified atom stereocenters. The molecule has 0 amide bonds. The second-order valence-corrected chi connectivity index (χ2v) is 8.50. The van der Waals surface area contributed by atoms with E-state index in [1.165, 1.54) is 13.3 Å². The minimum Gasteiger partial charge on any atom is -0.480 e. The fraction of sp³-hybridized carbons (Fsp3) is 0.833. The number of carbonyl (C=O) groups is 3. The molecule has 25 heavy (non-hydrogen) atoms. The first kappa shape index (κ1) is 19.8. The Morgan fingerprint density at radius 1 is 1.32 bits per heavy atom. The predicted molar refractivity (Wildman–Crippen MR) is 91.8 cm³/mol. The molecule has 0 saturated heterocycles. The first-order valence-electron chi connectivity index (χ1n) is 8.91. The highest BCUT2D eigenvalue weighted by Gasteiger charge is 2.61. The first-order chi connectivity index (χ1) is 11.5. The maximum Gasteiger partial charge on any atom is 0.320 e. The Kier molecular flexibility index (Phi) is 5.59. The van der Waals surface area contributed by atoms with Gasteiger partial charge in [-0.1, -0.05) is 20.8 Å². The predicted octanol–water partition coefficient (Wildman–Crippen LogP) is 1.09. The quantitative estimate of drug-likeness (QED) is 0.558. The fourth-order valence-electron chi connectivity index (χ4n) is 4.50. The lowest BCUT2D eigenvalue weighted by atomic mass is 9.70. The summed E-state index contributed by atoms with van der Waals surface area (Å²) in [5.41, 5.74) is 5.74. The highest BCUT2D eigenvalue weighted by atomic mass is 16.5. The molecule has 142 valence electrons. The van der Waals surface area contributed by atoms with Crippen LogP contribution >= 0.6 is 0 Å². The van der Waals surface area contributed by atoms with Crippen molar-refractivity contribution in [1.82, 2.24) is 5.32 Å². The molecule has 2 fully saturated rings.